The van der Waals surface area contributed by atoms with Gasteiger partial charge >= 0.3 is 0 Å². The SMILES string of the molecule is O=[N+]([O-])c1cc2ccccc2c(O)c1Br. The molecule has 0 amide bonds. The zero-order valence-electron chi connectivity index (χ0n) is 7.48. The lowest BCUT2D eigenvalue weighted by atomic mass is 10.1. The molecule has 0 bridgehead atoms. The van der Waals surface area contributed by atoms with E-state index in [1.807, 2.05) is 0 Å². The van der Waals surface area contributed by atoms with Crippen LogP contribution in [0.15, 0.2) is 34.8 Å². The van der Waals surface area contributed by atoms with Gasteiger partial charge in [-0.3, -0.25) is 10.1 Å². The highest BCUT2D eigenvalue weighted by molar-refractivity contribution is 9.10. The second kappa shape index (κ2) is 3.51. The fraction of sp³-hybridized carbons (Fsp3) is 0. The largest absolute Gasteiger partial charge is 0.506 e. The van der Waals surface area contributed by atoms with Gasteiger partial charge in [0.2, 0.25) is 0 Å². The molecule has 0 heterocycles. The second-order valence-electron chi connectivity index (χ2n) is 3.04. The van der Waals surface area contributed by atoms with E-state index in [2.05, 4.69) is 15.9 Å². The maximum atomic E-state index is 10.7. The maximum Gasteiger partial charge on any atom is 0.287 e. The monoisotopic (exact) mass is 267 g/mol. The zero-order chi connectivity index (χ0) is 11.0. The number of phenols is 1. The fourth-order valence-corrected chi connectivity index (χ4v) is 1.89. The van der Waals surface area contributed by atoms with Crippen molar-refractivity contribution in [2.45, 2.75) is 0 Å². The van der Waals surface area contributed by atoms with E-state index < -0.39 is 4.92 Å². The van der Waals surface area contributed by atoms with Crippen molar-refractivity contribution in [3.8, 4) is 5.75 Å². The second-order valence-corrected chi connectivity index (χ2v) is 3.83. The predicted octanol–water partition coefficient (Wildman–Crippen LogP) is 3.22. The van der Waals surface area contributed by atoms with Crippen LogP contribution in [-0.4, -0.2) is 10.0 Å². The lowest BCUT2D eigenvalue weighted by Gasteiger charge is -2.03. The molecule has 0 aliphatic heterocycles. The van der Waals surface area contributed by atoms with Crippen LogP contribution in [0, 0.1) is 10.1 Å². The summed E-state index contributed by atoms with van der Waals surface area (Å²) in [6.45, 7) is 0. The van der Waals surface area contributed by atoms with Gasteiger partial charge in [-0.25, -0.2) is 0 Å². The van der Waals surface area contributed by atoms with Crippen LogP contribution in [0.3, 0.4) is 0 Å². The Bertz CT molecular complexity index is 554. The molecule has 0 atom stereocenters. The lowest BCUT2D eigenvalue weighted by molar-refractivity contribution is -0.385. The number of hydrogen-bond donors (Lipinski definition) is 1. The molecule has 1 N–H and O–H groups in total. The van der Waals surface area contributed by atoms with E-state index in [-0.39, 0.29) is 15.9 Å². The van der Waals surface area contributed by atoms with E-state index in [4.69, 9.17) is 0 Å². The molecule has 0 aliphatic rings. The van der Waals surface area contributed by atoms with Gasteiger partial charge in [0.15, 0.2) is 0 Å². The molecular formula is C10H6BrNO3. The highest BCUT2D eigenvalue weighted by Gasteiger charge is 2.18. The first-order valence-corrected chi connectivity index (χ1v) is 4.95. The molecule has 76 valence electrons. The van der Waals surface area contributed by atoms with Crippen LogP contribution in [-0.2, 0) is 0 Å². The number of fused-ring (bicyclic) bond motifs is 1. The number of hydrogen-bond acceptors (Lipinski definition) is 3. The molecule has 4 nitrogen and oxygen atoms in total. The summed E-state index contributed by atoms with van der Waals surface area (Å²) in [5.74, 6) is -0.0974. The van der Waals surface area contributed by atoms with Crippen LogP contribution in [0.1, 0.15) is 0 Å². The van der Waals surface area contributed by atoms with Crippen LogP contribution in [0.2, 0.25) is 0 Å². The summed E-state index contributed by atoms with van der Waals surface area (Å²) in [6, 6.07) is 8.38. The third-order valence-electron chi connectivity index (χ3n) is 2.14. The lowest BCUT2D eigenvalue weighted by Crippen LogP contribution is -1.90. The number of nitro groups is 1. The van der Waals surface area contributed by atoms with Gasteiger partial charge in [-0.05, 0) is 21.3 Å². The van der Waals surface area contributed by atoms with Crippen molar-refractivity contribution in [2.75, 3.05) is 0 Å². The third kappa shape index (κ3) is 1.55. The number of phenolic OH excluding ortho intramolecular Hbond substituents is 1. The van der Waals surface area contributed by atoms with Gasteiger partial charge in [0, 0.05) is 11.5 Å². The first-order chi connectivity index (χ1) is 7.11. The smallest absolute Gasteiger partial charge is 0.287 e. The standard InChI is InChI=1S/C10H6BrNO3/c11-9-8(12(14)15)5-6-3-1-2-4-7(6)10(9)13/h1-5,13H. The average molecular weight is 268 g/mol. The minimum Gasteiger partial charge on any atom is -0.506 e. The summed E-state index contributed by atoms with van der Waals surface area (Å²) in [5, 5.41) is 21.7. The normalized spacial score (nSPS) is 10.5. The Morgan fingerprint density at radius 1 is 1.33 bits per heavy atom. The van der Waals surface area contributed by atoms with Crippen molar-refractivity contribution in [1.29, 1.82) is 0 Å². The number of rotatable bonds is 1. The van der Waals surface area contributed by atoms with Crippen molar-refractivity contribution >= 4 is 32.4 Å². The Balaban J connectivity index is 2.88. The zero-order valence-corrected chi connectivity index (χ0v) is 9.06. The molecule has 5 heteroatoms. The molecule has 0 aromatic heterocycles. The molecule has 2 aromatic carbocycles. The topological polar surface area (TPSA) is 63.4 Å². The molecule has 2 rings (SSSR count). The summed E-state index contributed by atoms with van der Waals surface area (Å²) in [4.78, 5) is 10.2. The van der Waals surface area contributed by atoms with Crippen molar-refractivity contribution in [1.82, 2.24) is 0 Å². The minimum absolute atomic E-state index is 0.0974. The summed E-state index contributed by atoms with van der Waals surface area (Å²) in [5.41, 5.74) is -0.133. The van der Waals surface area contributed by atoms with Gasteiger partial charge in [0.25, 0.3) is 5.69 Å². The van der Waals surface area contributed by atoms with Gasteiger partial charge < -0.3 is 5.11 Å². The van der Waals surface area contributed by atoms with Gasteiger partial charge in [-0.15, -0.1) is 0 Å². The molecule has 2 aromatic rings. The van der Waals surface area contributed by atoms with Crippen LogP contribution in [0.4, 0.5) is 5.69 Å². The Morgan fingerprint density at radius 3 is 2.67 bits per heavy atom. The van der Waals surface area contributed by atoms with E-state index in [0.29, 0.717) is 10.8 Å². The third-order valence-corrected chi connectivity index (χ3v) is 2.92. The Morgan fingerprint density at radius 2 is 2.00 bits per heavy atom. The summed E-state index contributed by atoms with van der Waals surface area (Å²) in [6.07, 6.45) is 0. The number of aromatic hydroxyl groups is 1. The van der Waals surface area contributed by atoms with Crippen molar-refractivity contribution < 1.29 is 10.0 Å². The number of halogens is 1. The molecule has 0 saturated carbocycles. The van der Waals surface area contributed by atoms with Gasteiger partial charge in [0.1, 0.15) is 10.2 Å². The Kier molecular flexibility index (Phi) is 2.32. The number of nitrogens with zero attached hydrogens (tertiary/aromatic N) is 1. The van der Waals surface area contributed by atoms with E-state index in [1.54, 1.807) is 24.3 Å². The molecule has 0 unspecified atom stereocenters. The fourth-order valence-electron chi connectivity index (χ4n) is 1.42. The van der Waals surface area contributed by atoms with Crippen LogP contribution in [0.5, 0.6) is 5.75 Å². The van der Waals surface area contributed by atoms with E-state index in [1.165, 1.54) is 6.07 Å². The molecule has 0 fully saturated rings. The Hall–Kier alpha value is -1.62. The highest BCUT2D eigenvalue weighted by Crippen LogP contribution is 2.39. The van der Waals surface area contributed by atoms with Crippen LogP contribution < -0.4 is 0 Å². The van der Waals surface area contributed by atoms with Crippen molar-refractivity contribution in [3.63, 3.8) is 0 Å². The summed E-state index contributed by atoms with van der Waals surface area (Å²) in [7, 11) is 0. The first kappa shape index (κ1) is 9.92. The quantitative estimate of drug-likeness (QED) is 0.638. The van der Waals surface area contributed by atoms with Crippen LogP contribution in [0.25, 0.3) is 10.8 Å². The van der Waals surface area contributed by atoms with Crippen LogP contribution >= 0.6 is 15.9 Å². The maximum absolute atomic E-state index is 10.7. The van der Waals surface area contributed by atoms with E-state index >= 15 is 0 Å². The van der Waals surface area contributed by atoms with E-state index in [9.17, 15) is 15.2 Å². The summed E-state index contributed by atoms with van der Waals surface area (Å²) >= 11 is 3.01. The molecule has 0 radical (unpaired) electrons. The van der Waals surface area contributed by atoms with Crippen molar-refractivity contribution in [2.24, 2.45) is 0 Å². The van der Waals surface area contributed by atoms with Gasteiger partial charge in [0.05, 0.1) is 4.92 Å². The molecule has 15 heavy (non-hydrogen) atoms. The number of nitro benzene ring substituents is 1. The minimum atomic E-state index is -0.532. The number of benzene rings is 2. The Labute approximate surface area is 93.4 Å². The van der Waals surface area contributed by atoms with Gasteiger partial charge in [-0.2, -0.15) is 0 Å². The summed E-state index contributed by atoms with van der Waals surface area (Å²) < 4.78 is 0.117. The van der Waals surface area contributed by atoms with Gasteiger partial charge in [-0.1, -0.05) is 24.3 Å². The molecule has 0 aliphatic carbocycles. The van der Waals surface area contributed by atoms with E-state index in [0.717, 1.165) is 0 Å². The average Bonchev–Trinajstić information content (AvgIpc) is 2.23. The first-order valence-electron chi connectivity index (χ1n) is 4.16. The molecular weight excluding hydrogens is 262 g/mol. The molecule has 0 spiro atoms. The molecule has 0 saturated heterocycles. The predicted molar refractivity (Wildman–Crippen MR) is 60.0 cm³/mol. The van der Waals surface area contributed by atoms with Crippen molar-refractivity contribution in [3.05, 3.63) is 44.9 Å². The highest BCUT2D eigenvalue weighted by atomic mass is 79.9.